The van der Waals surface area contributed by atoms with Crippen molar-refractivity contribution in [1.29, 1.82) is 5.26 Å². The molecule has 0 aliphatic heterocycles. The standard InChI is InChI=1S/C14H12FN3/c1-8-12(7-16)13(14(17)9(2)18-8)10-3-5-11(15)6-4-10/h3-6H,17H2,1-2H3. The second-order valence-electron chi connectivity index (χ2n) is 4.06. The third-order valence-corrected chi connectivity index (χ3v) is 2.85. The molecular weight excluding hydrogens is 229 g/mol. The van der Waals surface area contributed by atoms with Gasteiger partial charge in [-0.3, -0.25) is 4.98 Å². The Labute approximate surface area is 105 Å². The van der Waals surface area contributed by atoms with E-state index in [9.17, 15) is 9.65 Å². The Balaban J connectivity index is 2.77. The van der Waals surface area contributed by atoms with Crippen LogP contribution >= 0.6 is 0 Å². The normalized spacial score (nSPS) is 10.1. The molecule has 18 heavy (non-hydrogen) atoms. The second kappa shape index (κ2) is 4.46. The number of rotatable bonds is 1. The maximum Gasteiger partial charge on any atom is 0.123 e. The van der Waals surface area contributed by atoms with E-state index in [1.165, 1.54) is 12.1 Å². The van der Waals surface area contributed by atoms with Crippen molar-refractivity contribution >= 4 is 5.69 Å². The number of nitrogens with zero attached hydrogens (tertiary/aromatic N) is 2. The summed E-state index contributed by atoms with van der Waals surface area (Å²) in [6.07, 6.45) is 0. The van der Waals surface area contributed by atoms with E-state index in [4.69, 9.17) is 5.73 Å². The third-order valence-electron chi connectivity index (χ3n) is 2.85. The van der Waals surface area contributed by atoms with Crippen LogP contribution in [0.4, 0.5) is 10.1 Å². The number of hydrogen-bond donors (Lipinski definition) is 1. The highest BCUT2D eigenvalue weighted by Gasteiger charge is 2.15. The van der Waals surface area contributed by atoms with E-state index in [1.54, 1.807) is 26.0 Å². The first-order valence-corrected chi connectivity index (χ1v) is 5.47. The predicted molar refractivity (Wildman–Crippen MR) is 68.2 cm³/mol. The summed E-state index contributed by atoms with van der Waals surface area (Å²) < 4.78 is 12.9. The van der Waals surface area contributed by atoms with Crippen molar-refractivity contribution in [3.8, 4) is 17.2 Å². The van der Waals surface area contributed by atoms with E-state index in [2.05, 4.69) is 11.1 Å². The summed E-state index contributed by atoms with van der Waals surface area (Å²) in [5, 5.41) is 9.21. The highest BCUT2D eigenvalue weighted by Crippen LogP contribution is 2.32. The maximum atomic E-state index is 12.9. The fraction of sp³-hybridized carbons (Fsp3) is 0.143. The number of anilines is 1. The van der Waals surface area contributed by atoms with E-state index in [-0.39, 0.29) is 5.82 Å². The summed E-state index contributed by atoms with van der Waals surface area (Å²) in [5.41, 5.74) is 9.54. The predicted octanol–water partition coefficient (Wildman–Crippen LogP) is 2.96. The fourth-order valence-corrected chi connectivity index (χ4v) is 1.92. The van der Waals surface area contributed by atoms with Gasteiger partial charge in [-0.25, -0.2) is 4.39 Å². The average molecular weight is 241 g/mol. The lowest BCUT2D eigenvalue weighted by Crippen LogP contribution is -2.02. The zero-order valence-electron chi connectivity index (χ0n) is 10.2. The second-order valence-corrected chi connectivity index (χ2v) is 4.06. The number of aryl methyl sites for hydroxylation is 2. The van der Waals surface area contributed by atoms with E-state index >= 15 is 0 Å². The van der Waals surface area contributed by atoms with Crippen LogP contribution in [0.5, 0.6) is 0 Å². The molecule has 0 fully saturated rings. The molecule has 2 aromatic rings. The number of benzene rings is 1. The molecule has 1 aromatic heterocycles. The van der Waals surface area contributed by atoms with E-state index < -0.39 is 0 Å². The molecule has 0 aliphatic carbocycles. The summed E-state index contributed by atoms with van der Waals surface area (Å²) >= 11 is 0. The smallest absolute Gasteiger partial charge is 0.123 e. The van der Waals surface area contributed by atoms with E-state index in [0.717, 1.165) is 5.56 Å². The van der Waals surface area contributed by atoms with E-state index in [1.807, 2.05) is 0 Å². The van der Waals surface area contributed by atoms with Crippen molar-refractivity contribution in [2.75, 3.05) is 5.73 Å². The minimum absolute atomic E-state index is 0.321. The monoisotopic (exact) mass is 241 g/mol. The van der Waals surface area contributed by atoms with E-state index in [0.29, 0.717) is 28.2 Å². The van der Waals surface area contributed by atoms with Crippen molar-refractivity contribution in [1.82, 2.24) is 4.98 Å². The molecule has 0 radical (unpaired) electrons. The quantitative estimate of drug-likeness (QED) is 0.834. The molecule has 2 N–H and O–H groups in total. The van der Waals surface area contributed by atoms with Crippen molar-refractivity contribution < 1.29 is 4.39 Å². The summed E-state index contributed by atoms with van der Waals surface area (Å²) in [6, 6.07) is 8.03. The Morgan fingerprint density at radius 3 is 2.33 bits per heavy atom. The van der Waals surface area contributed by atoms with Crippen LogP contribution in [0, 0.1) is 31.0 Å². The van der Waals surface area contributed by atoms with Gasteiger partial charge in [-0.05, 0) is 31.5 Å². The molecule has 0 spiro atoms. The highest BCUT2D eigenvalue weighted by molar-refractivity contribution is 5.83. The topological polar surface area (TPSA) is 62.7 Å². The molecule has 0 saturated carbocycles. The van der Waals surface area contributed by atoms with Crippen molar-refractivity contribution in [3.63, 3.8) is 0 Å². The molecule has 0 bridgehead atoms. The Morgan fingerprint density at radius 2 is 1.78 bits per heavy atom. The van der Waals surface area contributed by atoms with Gasteiger partial charge in [0.05, 0.1) is 22.6 Å². The molecule has 1 aromatic carbocycles. The lowest BCUT2D eigenvalue weighted by molar-refractivity contribution is 0.628. The molecule has 90 valence electrons. The van der Waals surface area contributed by atoms with Gasteiger partial charge in [0.15, 0.2) is 0 Å². The van der Waals surface area contributed by atoms with Crippen LogP contribution in [0.25, 0.3) is 11.1 Å². The van der Waals surface area contributed by atoms with Gasteiger partial charge in [0.25, 0.3) is 0 Å². The van der Waals surface area contributed by atoms with Gasteiger partial charge in [0.2, 0.25) is 0 Å². The molecule has 0 aliphatic rings. The lowest BCUT2D eigenvalue weighted by atomic mass is 9.97. The number of nitrogen functional groups attached to an aromatic ring is 1. The zero-order chi connectivity index (χ0) is 13.3. The molecule has 2 rings (SSSR count). The van der Waals surface area contributed by atoms with Gasteiger partial charge >= 0.3 is 0 Å². The summed E-state index contributed by atoms with van der Waals surface area (Å²) in [6.45, 7) is 3.55. The SMILES string of the molecule is Cc1nc(C)c(C#N)c(-c2ccc(F)cc2)c1N. The number of nitriles is 1. The minimum Gasteiger partial charge on any atom is -0.397 e. The first kappa shape index (κ1) is 12.1. The molecule has 4 heteroatoms. The Kier molecular flexibility index (Phi) is 2.99. The number of nitrogens with two attached hydrogens (primary N) is 1. The van der Waals surface area contributed by atoms with Crippen molar-refractivity contribution in [2.45, 2.75) is 13.8 Å². The van der Waals surface area contributed by atoms with Crippen LogP contribution in [0.1, 0.15) is 17.0 Å². The Hall–Kier alpha value is -2.41. The molecule has 0 unspecified atom stereocenters. The molecule has 1 heterocycles. The van der Waals surface area contributed by atoms with Crippen LogP contribution in [0.3, 0.4) is 0 Å². The average Bonchev–Trinajstić information content (AvgIpc) is 2.35. The fourth-order valence-electron chi connectivity index (χ4n) is 1.92. The van der Waals surface area contributed by atoms with Crippen LogP contribution in [0.2, 0.25) is 0 Å². The van der Waals surface area contributed by atoms with Gasteiger partial charge in [0, 0.05) is 5.56 Å². The molecule has 3 nitrogen and oxygen atoms in total. The molecular formula is C14H12FN3. The number of pyridine rings is 1. The first-order valence-electron chi connectivity index (χ1n) is 5.47. The Bertz CT molecular complexity index is 640. The minimum atomic E-state index is -0.321. The summed E-state index contributed by atoms with van der Waals surface area (Å²) in [5.74, 6) is -0.321. The van der Waals surface area contributed by atoms with Crippen molar-refractivity contribution in [3.05, 3.63) is 47.0 Å². The zero-order valence-corrected chi connectivity index (χ0v) is 10.2. The van der Waals surface area contributed by atoms with Crippen LogP contribution < -0.4 is 5.73 Å². The largest absolute Gasteiger partial charge is 0.397 e. The van der Waals surface area contributed by atoms with Crippen LogP contribution in [-0.2, 0) is 0 Å². The molecule has 0 atom stereocenters. The van der Waals surface area contributed by atoms with Crippen LogP contribution in [-0.4, -0.2) is 4.98 Å². The third kappa shape index (κ3) is 1.91. The van der Waals surface area contributed by atoms with Gasteiger partial charge < -0.3 is 5.73 Å². The van der Waals surface area contributed by atoms with Crippen LogP contribution in [0.15, 0.2) is 24.3 Å². The highest BCUT2D eigenvalue weighted by atomic mass is 19.1. The van der Waals surface area contributed by atoms with Gasteiger partial charge in [-0.1, -0.05) is 12.1 Å². The summed E-state index contributed by atoms with van der Waals surface area (Å²) in [7, 11) is 0. The maximum absolute atomic E-state index is 12.9. The van der Waals surface area contributed by atoms with Gasteiger partial charge in [-0.15, -0.1) is 0 Å². The summed E-state index contributed by atoms with van der Waals surface area (Å²) in [4.78, 5) is 4.23. The number of halogens is 1. The first-order chi connectivity index (χ1) is 8.54. The van der Waals surface area contributed by atoms with Crippen molar-refractivity contribution in [2.24, 2.45) is 0 Å². The van der Waals surface area contributed by atoms with Gasteiger partial charge in [-0.2, -0.15) is 5.26 Å². The number of hydrogen-bond acceptors (Lipinski definition) is 3. The lowest BCUT2D eigenvalue weighted by Gasteiger charge is -2.12. The molecule has 0 amide bonds. The molecule has 0 saturated heterocycles. The number of aromatic nitrogens is 1. The Morgan fingerprint density at radius 1 is 1.17 bits per heavy atom. The van der Waals surface area contributed by atoms with Gasteiger partial charge in [0.1, 0.15) is 11.9 Å².